The summed E-state index contributed by atoms with van der Waals surface area (Å²) in [6, 6.07) is 0. The van der Waals surface area contributed by atoms with Gasteiger partial charge in [0.1, 0.15) is 0 Å². The molecule has 0 aliphatic carbocycles. The number of ether oxygens (including phenoxy) is 1. The van der Waals surface area contributed by atoms with Crippen LogP contribution in [0.3, 0.4) is 0 Å². The van der Waals surface area contributed by atoms with Gasteiger partial charge < -0.3 is 9.84 Å². The average molecular weight is 226 g/mol. The van der Waals surface area contributed by atoms with Crippen molar-refractivity contribution in [3.63, 3.8) is 0 Å². The molecule has 0 atom stereocenters. The minimum atomic E-state index is -5.38. The molecule has 0 aromatic carbocycles. The van der Waals surface area contributed by atoms with Crippen molar-refractivity contribution in [2.75, 3.05) is 19.8 Å². The van der Waals surface area contributed by atoms with Crippen LogP contribution in [0.25, 0.3) is 0 Å². The topological polar surface area (TPSA) is 29.5 Å². The molecule has 0 heterocycles. The summed E-state index contributed by atoms with van der Waals surface area (Å²) >= 11 is 0. The molecule has 0 fully saturated rings. The number of halogens is 6. The van der Waals surface area contributed by atoms with Crippen LogP contribution in [0.15, 0.2) is 0 Å². The molecule has 0 aliphatic rings. The lowest BCUT2D eigenvalue weighted by Crippen LogP contribution is -2.40. The van der Waals surface area contributed by atoms with Crippen LogP contribution in [0.2, 0.25) is 0 Å². The number of rotatable bonds is 4. The lowest BCUT2D eigenvalue weighted by Gasteiger charge is -2.22. The van der Waals surface area contributed by atoms with Gasteiger partial charge in [-0.05, 0) is 0 Å². The summed E-state index contributed by atoms with van der Waals surface area (Å²) in [5.41, 5.74) is 0. The molecule has 0 aliphatic heterocycles. The molecule has 0 rings (SSSR count). The first-order chi connectivity index (χ1) is 6.19. The molecule has 0 amide bonds. The standard InChI is InChI=1S/C6H8F6O2/c7-5(8,9)4(6(10,11)12)3-14-2-1-13/h4,13H,1-3H2. The Morgan fingerprint density at radius 3 is 1.71 bits per heavy atom. The molecule has 0 aromatic heterocycles. The van der Waals surface area contributed by atoms with Gasteiger partial charge in [0.15, 0.2) is 5.92 Å². The van der Waals surface area contributed by atoms with Crippen molar-refractivity contribution in [2.24, 2.45) is 5.92 Å². The zero-order valence-electron chi connectivity index (χ0n) is 6.82. The van der Waals surface area contributed by atoms with Gasteiger partial charge in [-0.3, -0.25) is 0 Å². The summed E-state index contributed by atoms with van der Waals surface area (Å²) in [5, 5.41) is 8.10. The van der Waals surface area contributed by atoms with E-state index in [9.17, 15) is 26.3 Å². The molecule has 0 bridgehead atoms. The van der Waals surface area contributed by atoms with Crippen LogP contribution < -0.4 is 0 Å². The van der Waals surface area contributed by atoms with Crippen molar-refractivity contribution < 1.29 is 36.2 Å². The predicted molar refractivity (Wildman–Crippen MR) is 33.5 cm³/mol. The van der Waals surface area contributed by atoms with Gasteiger partial charge >= 0.3 is 12.4 Å². The average Bonchev–Trinajstić information content (AvgIpc) is 1.92. The van der Waals surface area contributed by atoms with E-state index in [4.69, 9.17) is 5.11 Å². The fourth-order valence-electron chi connectivity index (χ4n) is 0.640. The van der Waals surface area contributed by atoms with E-state index in [0.29, 0.717) is 0 Å². The Morgan fingerprint density at radius 1 is 1.00 bits per heavy atom. The second kappa shape index (κ2) is 4.83. The first kappa shape index (κ1) is 13.5. The first-order valence-corrected chi connectivity index (χ1v) is 3.51. The maximum Gasteiger partial charge on any atom is 0.402 e. The van der Waals surface area contributed by atoms with Crippen molar-refractivity contribution in [1.82, 2.24) is 0 Å². The molecule has 2 nitrogen and oxygen atoms in total. The van der Waals surface area contributed by atoms with E-state index in [1.807, 2.05) is 0 Å². The van der Waals surface area contributed by atoms with Gasteiger partial charge in [-0.2, -0.15) is 26.3 Å². The van der Waals surface area contributed by atoms with Crippen molar-refractivity contribution in [2.45, 2.75) is 12.4 Å². The minimum absolute atomic E-state index is 0.553. The molecule has 0 saturated carbocycles. The van der Waals surface area contributed by atoms with Crippen molar-refractivity contribution in [3.8, 4) is 0 Å². The fourth-order valence-corrected chi connectivity index (χ4v) is 0.640. The number of alkyl halides is 6. The van der Waals surface area contributed by atoms with E-state index in [0.717, 1.165) is 0 Å². The molecule has 0 unspecified atom stereocenters. The smallest absolute Gasteiger partial charge is 0.394 e. The van der Waals surface area contributed by atoms with Crippen LogP contribution in [0.1, 0.15) is 0 Å². The minimum Gasteiger partial charge on any atom is -0.394 e. The lowest BCUT2D eigenvalue weighted by molar-refractivity contribution is -0.294. The third kappa shape index (κ3) is 4.66. The number of hydrogen-bond acceptors (Lipinski definition) is 2. The van der Waals surface area contributed by atoms with Crippen LogP contribution in [0.5, 0.6) is 0 Å². The molecular weight excluding hydrogens is 218 g/mol. The second-order valence-electron chi connectivity index (χ2n) is 2.43. The largest absolute Gasteiger partial charge is 0.402 e. The first-order valence-electron chi connectivity index (χ1n) is 3.51. The van der Waals surface area contributed by atoms with E-state index < -0.39 is 38.1 Å². The second-order valence-corrected chi connectivity index (χ2v) is 2.43. The van der Waals surface area contributed by atoms with Crippen LogP contribution in [0.4, 0.5) is 26.3 Å². The van der Waals surface area contributed by atoms with Crippen LogP contribution in [-0.2, 0) is 4.74 Å². The Morgan fingerprint density at radius 2 is 1.43 bits per heavy atom. The van der Waals surface area contributed by atoms with E-state index in [1.54, 1.807) is 0 Å². The maximum absolute atomic E-state index is 11.8. The Labute approximate surface area is 75.5 Å². The Balaban J connectivity index is 4.28. The Kier molecular flexibility index (Phi) is 4.66. The zero-order valence-corrected chi connectivity index (χ0v) is 6.82. The summed E-state index contributed by atoms with van der Waals surface area (Å²) in [6.45, 7) is -2.70. The van der Waals surface area contributed by atoms with Gasteiger partial charge in [0.2, 0.25) is 0 Å². The summed E-state index contributed by atoms with van der Waals surface area (Å²) in [7, 11) is 0. The number of hydrogen-bond donors (Lipinski definition) is 1. The van der Waals surface area contributed by atoms with Crippen molar-refractivity contribution in [3.05, 3.63) is 0 Å². The van der Waals surface area contributed by atoms with Crippen LogP contribution in [-0.4, -0.2) is 37.3 Å². The molecule has 0 radical (unpaired) electrons. The van der Waals surface area contributed by atoms with Crippen LogP contribution >= 0.6 is 0 Å². The van der Waals surface area contributed by atoms with E-state index in [2.05, 4.69) is 4.74 Å². The van der Waals surface area contributed by atoms with Crippen LogP contribution in [0, 0.1) is 5.92 Å². The number of aliphatic hydroxyl groups is 1. The molecule has 1 N–H and O–H groups in total. The monoisotopic (exact) mass is 226 g/mol. The van der Waals surface area contributed by atoms with Gasteiger partial charge in [-0.1, -0.05) is 0 Å². The van der Waals surface area contributed by atoms with Gasteiger partial charge in [-0.25, -0.2) is 0 Å². The van der Waals surface area contributed by atoms with E-state index >= 15 is 0 Å². The summed E-state index contributed by atoms with van der Waals surface area (Å²) in [5.74, 6) is -3.50. The van der Waals surface area contributed by atoms with Crippen molar-refractivity contribution in [1.29, 1.82) is 0 Å². The van der Waals surface area contributed by atoms with Gasteiger partial charge in [-0.15, -0.1) is 0 Å². The molecule has 0 saturated heterocycles. The molecular formula is C6H8F6O2. The number of aliphatic hydroxyl groups excluding tert-OH is 1. The molecule has 8 heteroatoms. The highest BCUT2D eigenvalue weighted by atomic mass is 19.4. The van der Waals surface area contributed by atoms with Gasteiger partial charge in [0.05, 0.1) is 19.8 Å². The fraction of sp³-hybridized carbons (Fsp3) is 1.00. The summed E-state index contributed by atoms with van der Waals surface area (Å²) < 4.78 is 74.7. The predicted octanol–water partition coefficient (Wildman–Crippen LogP) is 1.74. The SMILES string of the molecule is OCCOCC(C(F)(F)F)C(F)(F)F. The highest BCUT2D eigenvalue weighted by Gasteiger charge is 2.56. The Hall–Kier alpha value is -0.500. The normalized spacial score (nSPS) is 13.7. The highest BCUT2D eigenvalue weighted by molar-refractivity contribution is 4.74. The highest BCUT2D eigenvalue weighted by Crippen LogP contribution is 2.39. The van der Waals surface area contributed by atoms with E-state index in [-0.39, 0.29) is 0 Å². The quantitative estimate of drug-likeness (QED) is 0.584. The van der Waals surface area contributed by atoms with E-state index in [1.165, 1.54) is 0 Å². The molecule has 0 aromatic rings. The van der Waals surface area contributed by atoms with Gasteiger partial charge in [0, 0.05) is 0 Å². The molecule has 14 heavy (non-hydrogen) atoms. The maximum atomic E-state index is 11.8. The third-order valence-electron chi connectivity index (χ3n) is 1.31. The Bertz CT molecular complexity index is 149. The summed E-state index contributed by atoms with van der Waals surface area (Å²) in [4.78, 5) is 0. The van der Waals surface area contributed by atoms with Gasteiger partial charge in [0.25, 0.3) is 0 Å². The molecule has 86 valence electrons. The zero-order chi connectivity index (χ0) is 11.4. The molecule has 0 spiro atoms. The lowest BCUT2D eigenvalue weighted by atomic mass is 10.1. The van der Waals surface area contributed by atoms with Crippen molar-refractivity contribution >= 4 is 0 Å². The third-order valence-corrected chi connectivity index (χ3v) is 1.31. The summed E-state index contributed by atoms with van der Waals surface area (Å²) in [6.07, 6.45) is -10.8.